The third-order valence-electron chi connectivity index (χ3n) is 2.64. The second kappa shape index (κ2) is 4.81. The van der Waals surface area contributed by atoms with Crippen molar-refractivity contribution in [2.45, 2.75) is 25.4 Å². The highest BCUT2D eigenvalue weighted by atomic mass is 31.1. The zero-order valence-corrected chi connectivity index (χ0v) is 8.43. The molecule has 1 saturated heterocycles. The van der Waals surface area contributed by atoms with Gasteiger partial charge in [-0.2, -0.15) is 0 Å². The van der Waals surface area contributed by atoms with E-state index in [1.807, 2.05) is 0 Å². The topological polar surface area (TPSA) is 0 Å². The first-order valence-electron chi connectivity index (χ1n) is 4.69. The van der Waals surface area contributed by atoms with Crippen molar-refractivity contribution in [1.82, 2.24) is 0 Å². The van der Waals surface area contributed by atoms with E-state index >= 15 is 0 Å². The molecule has 0 unspecified atom stereocenters. The van der Waals surface area contributed by atoms with Crippen LogP contribution < -0.4 is 5.30 Å². The molecule has 1 aromatic rings. The van der Waals surface area contributed by atoms with E-state index < -0.39 is 0 Å². The molecule has 0 aliphatic carbocycles. The third kappa shape index (κ3) is 2.34. The number of benzene rings is 1. The summed E-state index contributed by atoms with van der Waals surface area (Å²) in [6.07, 6.45) is 4.35. The zero-order valence-electron chi connectivity index (χ0n) is 7.53. The fourth-order valence-electron chi connectivity index (χ4n) is 1.94. The van der Waals surface area contributed by atoms with Crippen molar-refractivity contribution in [3.8, 4) is 0 Å². The average Bonchev–Trinajstić information content (AvgIpc) is 2.53. The van der Waals surface area contributed by atoms with Gasteiger partial charge in [0, 0.05) is 0 Å². The van der Waals surface area contributed by atoms with Crippen molar-refractivity contribution in [1.29, 1.82) is 0 Å². The average molecular weight is 192 g/mol. The molecule has 0 spiro atoms. The van der Waals surface area contributed by atoms with Gasteiger partial charge in [-0.15, -0.1) is 0 Å². The van der Waals surface area contributed by atoms with Crippen molar-refractivity contribution in [2.75, 3.05) is 6.16 Å². The van der Waals surface area contributed by atoms with Crippen molar-refractivity contribution in [2.24, 2.45) is 0 Å². The summed E-state index contributed by atoms with van der Waals surface area (Å²) in [7, 11) is 0.199. The van der Waals surface area contributed by atoms with Crippen LogP contribution in [-0.4, -0.2) is 20.2 Å². The maximum Gasteiger partial charge on any atom is 0.0814 e. The van der Waals surface area contributed by atoms with Crippen molar-refractivity contribution >= 4 is 21.6 Å². The smallest absolute Gasteiger partial charge is 0.0724 e. The maximum atomic E-state index is 2.41. The quantitative estimate of drug-likeness (QED) is 0.470. The molecule has 1 heterocycles. The molecule has 1 aromatic carbocycles. The Kier molecular flexibility index (Phi) is 4.00. The molecular weight excluding hydrogens is 174 g/mol. The van der Waals surface area contributed by atoms with E-state index in [0.717, 1.165) is 5.66 Å². The van der Waals surface area contributed by atoms with E-state index in [0.29, 0.717) is 0 Å². The Morgan fingerprint density at radius 3 is 2.46 bits per heavy atom. The highest BCUT2D eigenvalue weighted by Gasteiger charge is 2.23. The Hall–Kier alpha value is -0.285. The van der Waals surface area contributed by atoms with Gasteiger partial charge in [-0.25, -0.2) is 0 Å². The second-order valence-electron chi connectivity index (χ2n) is 3.52. The van der Waals surface area contributed by atoms with Gasteiger partial charge in [0.05, 0.1) is 8.41 Å². The summed E-state index contributed by atoms with van der Waals surface area (Å²) in [4.78, 5) is 0. The molecule has 0 aromatic heterocycles. The molecule has 2 rings (SSSR count). The van der Waals surface area contributed by atoms with E-state index in [9.17, 15) is 0 Å². The lowest BCUT2D eigenvalue weighted by molar-refractivity contribution is 0.836. The van der Waals surface area contributed by atoms with Crippen LogP contribution in [0.1, 0.15) is 19.8 Å². The summed E-state index contributed by atoms with van der Waals surface area (Å²) >= 11 is 0. The molecule has 70 valence electrons. The fourth-order valence-corrected chi connectivity index (χ4v) is 4.72. The number of hydrogen-bond acceptors (Lipinski definition) is 0. The van der Waals surface area contributed by atoms with Gasteiger partial charge in [0.1, 0.15) is 0 Å². The molecule has 0 radical (unpaired) electrons. The van der Waals surface area contributed by atoms with Crippen LogP contribution in [0.15, 0.2) is 30.3 Å². The van der Waals surface area contributed by atoms with E-state index in [1.165, 1.54) is 19.0 Å². The first-order valence-corrected chi connectivity index (χ1v) is 6.29. The van der Waals surface area contributed by atoms with E-state index in [-0.39, 0.29) is 16.3 Å². The lowest BCUT2D eigenvalue weighted by Gasteiger charge is -2.15. The van der Waals surface area contributed by atoms with Crippen LogP contribution >= 0.6 is 7.92 Å². The summed E-state index contributed by atoms with van der Waals surface area (Å²) in [5.74, 6) is 0. The Balaban J connectivity index is 0.000000845. The van der Waals surface area contributed by atoms with Crippen LogP contribution in [0.25, 0.3) is 0 Å². The summed E-state index contributed by atoms with van der Waals surface area (Å²) in [6, 6.07) is 11.0. The molecule has 0 N–H and O–H groups in total. The number of rotatable bonds is 1. The Labute approximate surface area is 84.1 Å². The standard InChI is InChI=1S/C11H15P.BH3/c1-10-6-5-9-12(10)11-7-3-2-4-8-11;/h2-4,7-8,10H,5-6,9H2,1H3;1H3/t10-,12+;/m0./s1. The second-order valence-corrected chi connectivity index (χ2v) is 6.30. The largest absolute Gasteiger partial charge is 0.0814 e. The van der Waals surface area contributed by atoms with Gasteiger partial charge in [0.15, 0.2) is 0 Å². The molecule has 0 saturated carbocycles. The van der Waals surface area contributed by atoms with Gasteiger partial charge in [-0.3, -0.25) is 0 Å². The molecule has 2 heteroatoms. The van der Waals surface area contributed by atoms with Crippen molar-refractivity contribution in [3.05, 3.63) is 30.3 Å². The lowest BCUT2D eigenvalue weighted by atomic mass is 10.3. The summed E-state index contributed by atoms with van der Waals surface area (Å²) in [5.41, 5.74) is 0.961. The van der Waals surface area contributed by atoms with Crippen LogP contribution in [0.2, 0.25) is 0 Å². The van der Waals surface area contributed by atoms with Crippen LogP contribution in [0, 0.1) is 0 Å². The van der Waals surface area contributed by atoms with Gasteiger partial charge in [0.2, 0.25) is 0 Å². The van der Waals surface area contributed by atoms with Gasteiger partial charge in [-0.1, -0.05) is 45.2 Å². The number of hydrogen-bond donors (Lipinski definition) is 0. The normalized spacial score (nSPS) is 26.8. The van der Waals surface area contributed by atoms with Crippen LogP contribution in [-0.2, 0) is 0 Å². The van der Waals surface area contributed by atoms with Crippen molar-refractivity contribution in [3.63, 3.8) is 0 Å². The van der Waals surface area contributed by atoms with Gasteiger partial charge in [0.25, 0.3) is 0 Å². The minimum absolute atomic E-state index is 0. The first-order chi connectivity index (χ1) is 5.88. The highest BCUT2D eigenvalue weighted by molar-refractivity contribution is 7.66. The van der Waals surface area contributed by atoms with Gasteiger partial charge < -0.3 is 0 Å². The Morgan fingerprint density at radius 2 is 1.92 bits per heavy atom. The van der Waals surface area contributed by atoms with Crippen LogP contribution in [0.4, 0.5) is 0 Å². The van der Waals surface area contributed by atoms with Crippen LogP contribution in [0.3, 0.4) is 0 Å². The predicted molar refractivity (Wildman–Crippen MR) is 66.5 cm³/mol. The molecule has 1 aliphatic rings. The monoisotopic (exact) mass is 192 g/mol. The van der Waals surface area contributed by atoms with Gasteiger partial charge >= 0.3 is 0 Å². The fraction of sp³-hybridized carbons (Fsp3) is 0.455. The molecule has 2 atom stereocenters. The first kappa shape index (κ1) is 10.8. The van der Waals surface area contributed by atoms with E-state index in [1.54, 1.807) is 5.30 Å². The summed E-state index contributed by atoms with van der Waals surface area (Å²) in [5, 5.41) is 1.61. The summed E-state index contributed by atoms with van der Waals surface area (Å²) < 4.78 is 0. The molecule has 1 aliphatic heterocycles. The van der Waals surface area contributed by atoms with Crippen molar-refractivity contribution < 1.29 is 0 Å². The minimum Gasteiger partial charge on any atom is -0.0724 e. The molecule has 0 bridgehead atoms. The molecular formula is C11H18BP. The molecule has 0 amide bonds. The molecule has 1 fully saturated rings. The predicted octanol–water partition coefficient (Wildman–Crippen LogP) is 1.79. The molecule has 0 nitrogen and oxygen atoms in total. The van der Waals surface area contributed by atoms with Crippen LogP contribution in [0.5, 0.6) is 0 Å². The zero-order chi connectivity index (χ0) is 8.39. The Bertz CT molecular complexity index is 248. The third-order valence-corrected chi connectivity index (χ3v) is 5.72. The highest BCUT2D eigenvalue weighted by Crippen LogP contribution is 2.48. The minimum atomic E-state index is 0. The SMILES string of the molecule is B.C[C@H]1CCC[P@@]1c1ccccc1. The van der Waals surface area contributed by atoms with Gasteiger partial charge in [-0.05, 0) is 30.0 Å². The van der Waals surface area contributed by atoms with E-state index in [4.69, 9.17) is 0 Å². The van der Waals surface area contributed by atoms with E-state index in [2.05, 4.69) is 37.3 Å². The lowest BCUT2D eigenvalue weighted by Crippen LogP contribution is -2.05. The molecule has 13 heavy (non-hydrogen) atoms. The maximum absolute atomic E-state index is 2.41. The summed E-state index contributed by atoms with van der Waals surface area (Å²) in [6.45, 7) is 2.41. The Morgan fingerprint density at radius 1 is 1.23 bits per heavy atom.